The maximum Gasteiger partial charge on any atom is 0.419 e. The smallest absolute Gasteiger partial charge is 0.310 e. The summed E-state index contributed by atoms with van der Waals surface area (Å²) < 4.78 is 51.0. The van der Waals surface area contributed by atoms with Gasteiger partial charge < -0.3 is 5.32 Å². The molecule has 0 unspecified atom stereocenters. The third kappa shape index (κ3) is 2.90. The van der Waals surface area contributed by atoms with Gasteiger partial charge in [0.2, 0.25) is 0 Å². The van der Waals surface area contributed by atoms with Gasteiger partial charge in [-0.1, -0.05) is 12.1 Å². The Morgan fingerprint density at radius 3 is 2.47 bits per heavy atom. The van der Waals surface area contributed by atoms with Crippen LogP contribution in [0.25, 0.3) is 0 Å². The first-order valence-electron chi connectivity index (χ1n) is 5.09. The summed E-state index contributed by atoms with van der Waals surface area (Å²) in [6, 6.07) is 3.14. The molecule has 1 nitrogen and oxygen atoms in total. The van der Waals surface area contributed by atoms with Crippen molar-refractivity contribution in [2.45, 2.75) is 25.1 Å². The zero-order valence-electron chi connectivity index (χ0n) is 8.85. The van der Waals surface area contributed by atoms with Crippen LogP contribution < -0.4 is 5.32 Å². The van der Waals surface area contributed by atoms with Crippen LogP contribution in [0.2, 0.25) is 0 Å². The van der Waals surface area contributed by atoms with Crippen molar-refractivity contribution in [2.75, 3.05) is 6.54 Å². The maximum atomic E-state index is 13.7. The second kappa shape index (κ2) is 5.23. The molecule has 1 aromatic rings. The normalized spacial score (nSPS) is 20.1. The molecule has 0 aromatic heterocycles. The first-order chi connectivity index (χ1) is 7.50. The standard InChI is InChI=1S/C11H11F4N.ClH/c12-10-7(9-5-2-6-16-9)3-1-4-8(10)11(13,14)15;/h1,3-4,9,16H,2,5-6H2;1H/t9-;/m1./s1. The van der Waals surface area contributed by atoms with Gasteiger partial charge in [0.25, 0.3) is 0 Å². The minimum absolute atomic E-state index is 0. The van der Waals surface area contributed by atoms with Crippen molar-refractivity contribution in [1.82, 2.24) is 5.32 Å². The van der Waals surface area contributed by atoms with Gasteiger partial charge in [0.05, 0.1) is 5.56 Å². The van der Waals surface area contributed by atoms with Gasteiger partial charge in [-0.05, 0) is 25.5 Å². The van der Waals surface area contributed by atoms with E-state index in [0.29, 0.717) is 6.42 Å². The van der Waals surface area contributed by atoms with Gasteiger partial charge in [-0.3, -0.25) is 0 Å². The first-order valence-corrected chi connectivity index (χ1v) is 5.09. The fourth-order valence-electron chi connectivity index (χ4n) is 1.99. The van der Waals surface area contributed by atoms with Gasteiger partial charge in [0.15, 0.2) is 0 Å². The van der Waals surface area contributed by atoms with Crippen molar-refractivity contribution >= 4 is 12.4 Å². The van der Waals surface area contributed by atoms with E-state index in [9.17, 15) is 17.6 Å². The summed E-state index contributed by atoms with van der Waals surface area (Å²) in [5.41, 5.74) is -1.06. The summed E-state index contributed by atoms with van der Waals surface area (Å²) in [6.45, 7) is 0.723. The van der Waals surface area contributed by atoms with E-state index >= 15 is 0 Å². The topological polar surface area (TPSA) is 12.0 Å². The maximum absolute atomic E-state index is 13.7. The molecule has 1 fully saturated rings. The molecule has 0 amide bonds. The molecule has 1 saturated heterocycles. The molecular weight excluding hydrogens is 258 g/mol. The SMILES string of the molecule is Cl.Fc1c([C@H]2CCCN2)cccc1C(F)(F)F. The summed E-state index contributed by atoms with van der Waals surface area (Å²) >= 11 is 0. The molecule has 2 rings (SSSR count). The Hall–Kier alpha value is -0.810. The van der Waals surface area contributed by atoms with Crippen LogP contribution in [0.3, 0.4) is 0 Å². The number of rotatable bonds is 1. The fraction of sp³-hybridized carbons (Fsp3) is 0.455. The monoisotopic (exact) mass is 269 g/mol. The van der Waals surface area contributed by atoms with Crippen molar-refractivity contribution < 1.29 is 17.6 Å². The molecule has 96 valence electrons. The highest BCUT2D eigenvalue weighted by Crippen LogP contribution is 2.35. The average Bonchev–Trinajstić information content (AvgIpc) is 2.69. The molecule has 0 saturated carbocycles. The molecule has 1 aromatic carbocycles. The van der Waals surface area contributed by atoms with Gasteiger partial charge in [-0.2, -0.15) is 13.2 Å². The molecule has 0 aliphatic carbocycles. The zero-order chi connectivity index (χ0) is 11.8. The van der Waals surface area contributed by atoms with Gasteiger partial charge in [0, 0.05) is 11.6 Å². The minimum atomic E-state index is -4.63. The second-order valence-electron chi connectivity index (χ2n) is 3.86. The molecule has 1 heterocycles. The van der Waals surface area contributed by atoms with Crippen molar-refractivity contribution in [1.29, 1.82) is 0 Å². The molecule has 17 heavy (non-hydrogen) atoms. The zero-order valence-corrected chi connectivity index (χ0v) is 9.67. The summed E-state index contributed by atoms with van der Waals surface area (Å²) in [4.78, 5) is 0. The Kier molecular flexibility index (Phi) is 4.38. The fourth-order valence-corrected chi connectivity index (χ4v) is 1.99. The third-order valence-corrected chi connectivity index (χ3v) is 2.77. The van der Waals surface area contributed by atoms with Crippen molar-refractivity contribution in [3.63, 3.8) is 0 Å². The van der Waals surface area contributed by atoms with E-state index in [-0.39, 0.29) is 24.0 Å². The predicted octanol–water partition coefficient (Wildman–Crippen LogP) is 3.69. The van der Waals surface area contributed by atoms with E-state index in [1.54, 1.807) is 0 Å². The lowest BCUT2D eigenvalue weighted by Crippen LogP contribution is -2.17. The molecule has 1 N–H and O–H groups in total. The average molecular weight is 270 g/mol. The van der Waals surface area contributed by atoms with Gasteiger partial charge >= 0.3 is 6.18 Å². The molecule has 0 bridgehead atoms. The highest BCUT2D eigenvalue weighted by atomic mass is 35.5. The molecular formula is C11H12ClF4N. The Labute approximate surface area is 103 Å². The molecule has 1 aliphatic heterocycles. The van der Waals surface area contributed by atoms with Crippen molar-refractivity contribution in [2.24, 2.45) is 0 Å². The number of hydrogen-bond donors (Lipinski definition) is 1. The minimum Gasteiger partial charge on any atom is -0.310 e. The van der Waals surface area contributed by atoms with E-state index in [0.717, 1.165) is 19.0 Å². The van der Waals surface area contributed by atoms with E-state index in [4.69, 9.17) is 0 Å². The lowest BCUT2D eigenvalue weighted by molar-refractivity contribution is -0.140. The lowest BCUT2D eigenvalue weighted by atomic mass is 10.0. The summed E-state index contributed by atoms with van der Waals surface area (Å²) in [7, 11) is 0. The van der Waals surface area contributed by atoms with E-state index in [2.05, 4.69) is 5.32 Å². The van der Waals surface area contributed by atoms with Crippen molar-refractivity contribution in [3.05, 3.63) is 35.1 Å². The van der Waals surface area contributed by atoms with Crippen LogP contribution in [0.4, 0.5) is 17.6 Å². The Balaban J connectivity index is 0.00000144. The van der Waals surface area contributed by atoms with Crippen LogP contribution in [0.5, 0.6) is 0 Å². The Morgan fingerprint density at radius 1 is 1.24 bits per heavy atom. The van der Waals surface area contributed by atoms with Crippen LogP contribution in [-0.4, -0.2) is 6.54 Å². The highest BCUT2D eigenvalue weighted by molar-refractivity contribution is 5.85. The molecule has 0 radical (unpaired) electrons. The van der Waals surface area contributed by atoms with Crippen LogP contribution in [0.1, 0.15) is 30.0 Å². The third-order valence-electron chi connectivity index (χ3n) is 2.77. The number of hydrogen-bond acceptors (Lipinski definition) is 1. The Morgan fingerprint density at radius 2 is 1.94 bits per heavy atom. The van der Waals surface area contributed by atoms with E-state index in [1.807, 2.05) is 0 Å². The van der Waals surface area contributed by atoms with E-state index < -0.39 is 17.6 Å². The van der Waals surface area contributed by atoms with Crippen LogP contribution in [0, 0.1) is 5.82 Å². The molecule has 1 atom stereocenters. The first kappa shape index (κ1) is 14.3. The second-order valence-corrected chi connectivity index (χ2v) is 3.86. The number of alkyl halides is 3. The molecule has 0 spiro atoms. The number of benzene rings is 1. The van der Waals surface area contributed by atoms with Crippen LogP contribution >= 0.6 is 12.4 Å². The Bertz CT molecular complexity index is 386. The summed E-state index contributed by atoms with van der Waals surface area (Å²) in [6.07, 6.45) is -3.09. The van der Waals surface area contributed by atoms with Crippen LogP contribution in [-0.2, 0) is 6.18 Å². The van der Waals surface area contributed by atoms with Gasteiger partial charge in [0.1, 0.15) is 5.82 Å². The quantitative estimate of drug-likeness (QED) is 0.767. The predicted molar refractivity (Wildman–Crippen MR) is 58.6 cm³/mol. The number of halogens is 5. The van der Waals surface area contributed by atoms with Crippen LogP contribution in [0.15, 0.2) is 18.2 Å². The largest absolute Gasteiger partial charge is 0.419 e. The van der Waals surface area contributed by atoms with E-state index in [1.165, 1.54) is 12.1 Å². The van der Waals surface area contributed by atoms with Gasteiger partial charge in [-0.25, -0.2) is 4.39 Å². The summed E-state index contributed by atoms with van der Waals surface area (Å²) in [5, 5.41) is 2.99. The van der Waals surface area contributed by atoms with Crippen molar-refractivity contribution in [3.8, 4) is 0 Å². The lowest BCUT2D eigenvalue weighted by Gasteiger charge is -2.15. The number of nitrogens with one attached hydrogen (secondary N) is 1. The molecule has 6 heteroatoms. The highest BCUT2D eigenvalue weighted by Gasteiger charge is 2.35. The molecule has 1 aliphatic rings. The summed E-state index contributed by atoms with van der Waals surface area (Å²) in [5.74, 6) is -1.14. The van der Waals surface area contributed by atoms with Gasteiger partial charge in [-0.15, -0.1) is 12.4 Å².